The van der Waals surface area contributed by atoms with Gasteiger partial charge in [0.2, 0.25) is 0 Å². The number of furan rings is 1. The number of piperidine rings is 1. The predicted octanol–water partition coefficient (Wildman–Crippen LogP) is 2.27. The third-order valence-corrected chi connectivity index (χ3v) is 4.16. The summed E-state index contributed by atoms with van der Waals surface area (Å²) < 4.78 is 5.70. The number of hydrogen-bond acceptors (Lipinski definition) is 4. The van der Waals surface area contributed by atoms with Crippen molar-refractivity contribution in [2.75, 3.05) is 13.1 Å². The highest BCUT2D eigenvalue weighted by Crippen LogP contribution is 2.28. The van der Waals surface area contributed by atoms with Crippen molar-refractivity contribution in [2.45, 2.75) is 26.3 Å². The van der Waals surface area contributed by atoms with Gasteiger partial charge in [0.15, 0.2) is 5.76 Å². The summed E-state index contributed by atoms with van der Waals surface area (Å²) in [6.07, 6.45) is 2.48. The van der Waals surface area contributed by atoms with E-state index in [1.54, 1.807) is 0 Å². The zero-order chi connectivity index (χ0) is 14.8. The van der Waals surface area contributed by atoms with Crippen molar-refractivity contribution in [3.05, 3.63) is 35.6 Å². The van der Waals surface area contributed by atoms with E-state index in [4.69, 9.17) is 10.3 Å². The summed E-state index contributed by atoms with van der Waals surface area (Å²) in [5.74, 6) is 5.94. The van der Waals surface area contributed by atoms with Gasteiger partial charge in [0, 0.05) is 24.0 Å². The largest absolute Gasteiger partial charge is 0.451 e. The van der Waals surface area contributed by atoms with Crippen LogP contribution in [-0.2, 0) is 6.54 Å². The number of amides is 1. The molecule has 0 aliphatic carbocycles. The number of fused-ring (bicyclic) bond motifs is 1. The molecule has 1 amide bonds. The van der Waals surface area contributed by atoms with Gasteiger partial charge in [-0.2, -0.15) is 0 Å². The number of para-hydroxylation sites is 1. The Morgan fingerprint density at radius 2 is 2.29 bits per heavy atom. The van der Waals surface area contributed by atoms with Crippen molar-refractivity contribution in [1.82, 2.24) is 10.3 Å². The smallest absolute Gasteiger partial charge is 0.301 e. The zero-order valence-electron chi connectivity index (χ0n) is 12.3. The molecule has 21 heavy (non-hydrogen) atoms. The van der Waals surface area contributed by atoms with Gasteiger partial charge in [-0.3, -0.25) is 15.1 Å². The Morgan fingerprint density at radius 3 is 3.05 bits per heavy atom. The van der Waals surface area contributed by atoms with Crippen LogP contribution in [0.25, 0.3) is 11.0 Å². The number of nitrogen functional groups attached to an aromatic ring is 1. The minimum Gasteiger partial charge on any atom is -0.451 e. The Bertz CT molecular complexity index is 650. The number of benzene rings is 1. The highest BCUT2D eigenvalue weighted by Gasteiger charge is 2.23. The third-order valence-electron chi connectivity index (χ3n) is 4.16. The summed E-state index contributed by atoms with van der Waals surface area (Å²) in [5.41, 5.74) is 3.84. The molecule has 0 bridgehead atoms. The number of rotatable bonds is 3. The number of nitrogens with two attached hydrogens (primary N) is 1. The second kappa shape index (κ2) is 5.87. The van der Waals surface area contributed by atoms with Gasteiger partial charge in [0.05, 0.1) is 0 Å². The van der Waals surface area contributed by atoms with Crippen LogP contribution < -0.4 is 11.3 Å². The van der Waals surface area contributed by atoms with E-state index in [2.05, 4.69) is 17.2 Å². The van der Waals surface area contributed by atoms with Gasteiger partial charge in [-0.05, 0) is 31.4 Å². The average molecular weight is 287 g/mol. The molecule has 1 unspecified atom stereocenters. The highest BCUT2D eigenvalue weighted by atomic mass is 16.3. The Hall–Kier alpha value is -1.85. The molecule has 3 rings (SSSR count). The van der Waals surface area contributed by atoms with E-state index in [0.717, 1.165) is 36.2 Å². The number of hydrogen-bond donors (Lipinski definition) is 2. The first kappa shape index (κ1) is 14.1. The first-order chi connectivity index (χ1) is 10.2. The monoisotopic (exact) mass is 287 g/mol. The first-order valence-electron chi connectivity index (χ1n) is 7.42. The van der Waals surface area contributed by atoms with Crippen molar-refractivity contribution < 1.29 is 9.21 Å². The number of nitrogens with zero attached hydrogens (tertiary/aromatic N) is 1. The normalized spacial score (nSPS) is 19.8. The van der Waals surface area contributed by atoms with Crippen molar-refractivity contribution in [2.24, 2.45) is 11.8 Å². The van der Waals surface area contributed by atoms with Gasteiger partial charge < -0.3 is 4.42 Å². The molecule has 2 heterocycles. The van der Waals surface area contributed by atoms with E-state index in [9.17, 15) is 4.79 Å². The van der Waals surface area contributed by atoms with Crippen molar-refractivity contribution in [3.63, 3.8) is 0 Å². The number of carbonyl (C=O) groups is 1. The molecule has 0 saturated carbocycles. The molecule has 5 nitrogen and oxygen atoms in total. The standard InChI is InChI=1S/C16H21N3O2/c1-11-5-4-8-19(9-11)10-13-12-6-2-3-7-14(12)21-15(13)16(20)18-17/h2-3,6-7,11H,4-5,8-10,17H2,1H3,(H,18,20). The summed E-state index contributed by atoms with van der Waals surface area (Å²) in [6.45, 7) is 5.12. The molecule has 0 radical (unpaired) electrons. The fraction of sp³-hybridized carbons (Fsp3) is 0.438. The first-order valence-corrected chi connectivity index (χ1v) is 7.42. The predicted molar refractivity (Wildman–Crippen MR) is 81.5 cm³/mol. The van der Waals surface area contributed by atoms with Gasteiger partial charge in [-0.1, -0.05) is 25.1 Å². The van der Waals surface area contributed by atoms with E-state index >= 15 is 0 Å². The maximum atomic E-state index is 12.0. The van der Waals surface area contributed by atoms with E-state index in [0.29, 0.717) is 11.7 Å². The zero-order valence-corrected chi connectivity index (χ0v) is 12.3. The molecule has 3 N–H and O–H groups in total. The molecule has 1 aliphatic rings. The van der Waals surface area contributed by atoms with Gasteiger partial charge >= 0.3 is 5.91 Å². The van der Waals surface area contributed by atoms with Crippen LogP contribution in [0.5, 0.6) is 0 Å². The molecule has 1 aliphatic heterocycles. The molecule has 1 atom stereocenters. The summed E-state index contributed by atoms with van der Waals surface area (Å²) in [6, 6.07) is 7.74. The summed E-state index contributed by atoms with van der Waals surface area (Å²) >= 11 is 0. The lowest BCUT2D eigenvalue weighted by Crippen LogP contribution is -2.35. The van der Waals surface area contributed by atoms with Crippen LogP contribution in [0.15, 0.2) is 28.7 Å². The minimum absolute atomic E-state index is 0.330. The van der Waals surface area contributed by atoms with Gasteiger partial charge in [-0.15, -0.1) is 0 Å². The summed E-state index contributed by atoms with van der Waals surface area (Å²) in [5, 5.41) is 0.995. The lowest BCUT2D eigenvalue weighted by Gasteiger charge is -2.30. The number of hydrazine groups is 1. The van der Waals surface area contributed by atoms with Crippen molar-refractivity contribution >= 4 is 16.9 Å². The molecule has 2 aromatic rings. The van der Waals surface area contributed by atoms with Crippen LogP contribution in [0.2, 0.25) is 0 Å². The Labute approximate surface area is 124 Å². The molecule has 5 heteroatoms. The summed E-state index contributed by atoms with van der Waals surface area (Å²) in [4.78, 5) is 14.3. The van der Waals surface area contributed by atoms with Gasteiger partial charge in [0.1, 0.15) is 5.58 Å². The van der Waals surface area contributed by atoms with E-state index in [1.165, 1.54) is 12.8 Å². The second-order valence-electron chi connectivity index (χ2n) is 5.86. The second-order valence-corrected chi connectivity index (χ2v) is 5.86. The maximum absolute atomic E-state index is 12.0. The number of carbonyl (C=O) groups excluding carboxylic acids is 1. The summed E-state index contributed by atoms with van der Waals surface area (Å²) in [7, 11) is 0. The Morgan fingerprint density at radius 1 is 1.48 bits per heavy atom. The Kier molecular flexibility index (Phi) is 3.94. The van der Waals surface area contributed by atoms with E-state index in [1.807, 2.05) is 24.3 Å². The fourth-order valence-corrected chi connectivity index (χ4v) is 3.16. The SMILES string of the molecule is CC1CCCN(Cc2c(C(=O)NN)oc3ccccc23)C1. The number of nitrogens with one attached hydrogen (secondary N) is 1. The van der Waals surface area contributed by atoms with Crippen LogP contribution >= 0.6 is 0 Å². The number of likely N-dealkylation sites (tertiary alicyclic amines) is 1. The van der Waals surface area contributed by atoms with Crippen molar-refractivity contribution in [1.29, 1.82) is 0 Å². The Balaban J connectivity index is 1.96. The highest BCUT2D eigenvalue weighted by molar-refractivity contribution is 5.98. The lowest BCUT2D eigenvalue weighted by molar-refractivity contribution is 0.0924. The molecule has 1 fully saturated rings. The van der Waals surface area contributed by atoms with Crippen LogP contribution in [-0.4, -0.2) is 23.9 Å². The van der Waals surface area contributed by atoms with Gasteiger partial charge in [0.25, 0.3) is 0 Å². The maximum Gasteiger partial charge on any atom is 0.301 e. The van der Waals surface area contributed by atoms with E-state index in [-0.39, 0.29) is 5.91 Å². The molecule has 1 saturated heterocycles. The van der Waals surface area contributed by atoms with Crippen molar-refractivity contribution in [3.8, 4) is 0 Å². The third kappa shape index (κ3) is 2.80. The molecule has 1 aromatic carbocycles. The molecular weight excluding hydrogens is 266 g/mol. The van der Waals surface area contributed by atoms with Crippen LogP contribution in [0.4, 0.5) is 0 Å². The molecule has 0 spiro atoms. The average Bonchev–Trinajstić information content (AvgIpc) is 2.85. The molecular formula is C16H21N3O2. The topological polar surface area (TPSA) is 71.5 Å². The molecule has 112 valence electrons. The van der Waals surface area contributed by atoms with E-state index < -0.39 is 0 Å². The van der Waals surface area contributed by atoms with Crippen LogP contribution in [0, 0.1) is 5.92 Å². The lowest BCUT2D eigenvalue weighted by atomic mass is 9.99. The van der Waals surface area contributed by atoms with Gasteiger partial charge in [-0.25, -0.2) is 5.84 Å². The minimum atomic E-state index is -0.369. The van der Waals surface area contributed by atoms with Crippen LogP contribution in [0.1, 0.15) is 35.9 Å². The molecule has 1 aromatic heterocycles. The quantitative estimate of drug-likeness (QED) is 0.516. The van der Waals surface area contributed by atoms with Crippen LogP contribution in [0.3, 0.4) is 0 Å². The fourth-order valence-electron chi connectivity index (χ4n) is 3.16.